The summed E-state index contributed by atoms with van der Waals surface area (Å²) in [6, 6.07) is 7.42. The Labute approximate surface area is 75.4 Å². The quantitative estimate of drug-likeness (QED) is 0.669. The van der Waals surface area contributed by atoms with Crippen LogP contribution >= 0.6 is 0 Å². The van der Waals surface area contributed by atoms with Crippen molar-refractivity contribution in [3.05, 3.63) is 30.2 Å². The van der Waals surface area contributed by atoms with Crippen LogP contribution < -0.4 is 5.73 Å². The average Bonchev–Trinajstić information content (AvgIpc) is 2.53. The Hall–Kier alpha value is -1.84. The zero-order chi connectivity index (χ0) is 9.26. The van der Waals surface area contributed by atoms with E-state index >= 15 is 0 Å². The van der Waals surface area contributed by atoms with E-state index in [0.29, 0.717) is 17.4 Å². The molecular formula is C9H9N3O. The predicted molar refractivity (Wildman–Crippen MR) is 48.9 cm³/mol. The summed E-state index contributed by atoms with van der Waals surface area (Å²) < 4.78 is 4.86. The largest absolute Gasteiger partial charge is 0.398 e. The number of para-hydroxylation sites is 1. The minimum Gasteiger partial charge on any atom is -0.398 e. The van der Waals surface area contributed by atoms with Crippen LogP contribution in [0.5, 0.6) is 0 Å². The summed E-state index contributed by atoms with van der Waals surface area (Å²) in [7, 11) is 0. The van der Waals surface area contributed by atoms with Crippen molar-refractivity contribution in [2.75, 3.05) is 5.73 Å². The second-order valence-electron chi connectivity index (χ2n) is 2.72. The summed E-state index contributed by atoms with van der Waals surface area (Å²) in [4.78, 5) is 4.08. The number of aromatic nitrogens is 2. The van der Waals surface area contributed by atoms with Gasteiger partial charge in [0.15, 0.2) is 0 Å². The molecule has 1 aromatic carbocycles. The van der Waals surface area contributed by atoms with Crippen molar-refractivity contribution in [3.63, 3.8) is 0 Å². The number of hydrogen-bond donors (Lipinski definition) is 1. The first kappa shape index (κ1) is 7.79. The standard InChI is InChI=1S/C9H9N3O/c1-6-11-9(12-13-6)7-4-2-3-5-8(7)10/h2-5H,10H2,1H3. The molecule has 2 rings (SSSR count). The van der Waals surface area contributed by atoms with E-state index in [1.54, 1.807) is 13.0 Å². The van der Waals surface area contributed by atoms with Crippen LogP contribution in [0.2, 0.25) is 0 Å². The topological polar surface area (TPSA) is 64.9 Å². The average molecular weight is 175 g/mol. The predicted octanol–water partition coefficient (Wildman–Crippen LogP) is 1.63. The van der Waals surface area contributed by atoms with Crippen LogP contribution in [0.25, 0.3) is 11.4 Å². The summed E-state index contributed by atoms with van der Waals surface area (Å²) in [6.45, 7) is 1.75. The minimum absolute atomic E-state index is 0.538. The third-order valence-corrected chi connectivity index (χ3v) is 1.73. The number of nitrogen functional groups attached to an aromatic ring is 1. The molecule has 0 amide bonds. The van der Waals surface area contributed by atoms with Gasteiger partial charge >= 0.3 is 0 Å². The number of rotatable bonds is 1. The lowest BCUT2D eigenvalue weighted by atomic mass is 10.2. The molecule has 0 aliphatic rings. The molecule has 0 unspecified atom stereocenters. The van der Waals surface area contributed by atoms with Gasteiger partial charge in [-0.25, -0.2) is 0 Å². The van der Waals surface area contributed by atoms with E-state index in [4.69, 9.17) is 10.3 Å². The SMILES string of the molecule is Cc1nc(-c2ccccc2N)no1. The first-order valence-corrected chi connectivity index (χ1v) is 3.92. The number of benzene rings is 1. The Balaban J connectivity index is 2.52. The van der Waals surface area contributed by atoms with Gasteiger partial charge in [-0.05, 0) is 12.1 Å². The number of anilines is 1. The van der Waals surface area contributed by atoms with Gasteiger partial charge in [-0.15, -0.1) is 0 Å². The summed E-state index contributed by atoms with van der Waals surface area (Å²) in [5, 5.41) is 3.78. The molecule has 13 heavy (non-hydrogen) atoms. The molecule has 0 radical (unpaired) electrons. The number of aryl methyl sites for hydroxylation is 1. The zero-order valence-electron chi connectivity index (χ0n) is 7.19. The molecule has 0 aliphatic heterocycles. The molecule has 66 valence electrons. The summed E-state index contributed by atoms with van der Waals surface area (Å²) in [5.74, 6) is 1.08. The lowest BCUT2D eigenvalue weighted by molar-refractivity contribution is 0.394. The molecule has 0 atom stereocenters. The molecule has 4 heteroatoms. The molecule has 0 bridgehead atoms. The second kappa shape index (κ2) is 2.90. The highest BCUT2D eigenvalue weighted by Gasteiger charge is 2.07. The van der Waals surface area contributed by atoms with Crippen LogP contribution in [0.3, 0.4) is 0 Å². The molecule has 4 nitrogen and oxygen atoms in total. The lowest BCUT2D eigenvalue weighted by Crippen LogP contribution is -1.90. The summed E-state index contributed by atoms with van der Waals surface area (Å²) in [6.07, 6.45) is 0. The monoisotopic (exact) mass is 175 g/mol. The van der Waals surface area contributed by atoms with Crippen molar-refractivity contribution in [1.82, 2.24) is 10.1 Å². The Kier molecular flexibility index (Phi) is 1.73. The first-order valence-electron chi connectivity index (χ1n) is 3.92. The van der Waals surface area contributed by atoms with Gasteiger partial charge in [0, 0.05) is 18.2 Å². The second-order valence-corrected chi connectivity index (χ2v) is 2.72. The smallest absolute Gasteiger partial charge is 0.223 e. The fourth-order valence-corrected chi connectivity index (χ4v) is 1.11. The van der Waals surface area contributed by atoms with E-state index in [0.717, 1.165) is 5.56 Å². The van der Waals surface area contributed by atoms with Crippen molar-refractivity contribution < 1.29 is 4.52 Å². The molecule has 0 saturated heterocycles. The summed E-state index contributed by atoms with van der Waals surface area (Å²) >= 11 is 0. The normalized spacial score (nSPS) is 10.2. The number of nitrogens with two attached hydrogens (primary N) is 1. The number of hydrogen-bond acceptors (Lipinski definition) is 4. The van der Waals surface area contributed by atoms with Gasteiger partial charge in [-0.2, -0.15) is 4.98 Å². The van der Waals surface area contributed by atoms with Crippen LogP contribution in [0.1, 0.15) is 5.89 Å². The third kappa shape index (κ3) is 1.38. The molecule has 0 aliphatic carbocycles. The van der Waals surface area contributed by atoms with Crippen LogP contribution in [0.4, 0.5) is 5.69 Å². The Morgan fingerprint density at radius 2 is 2.08 bits per heavy atom. The van der Waals surface area contributed by atoms with Gasteiger partial charge in [-0.3, -0.25) is 0 Å². The first-order chi connectivity index (χ1) is 6.27. The fraction of sp³-hybridized carbons (Fsp3) is 0.111. The van der Waals surface area contributed by atoms with Crippen LogP contribution in [-0.4, -0.2) is 10.1 Å². The molecule has 2 N–H and O–H groups in total. The van der Waals surface area contributed by atoms with Crippen molar-refractivity contribution in [1.29, 1.82) is 0 Å². The third-order valence-electron chi connectivity index (χ3n) is 1.73. The van der Waals surface area contributed by atoms with Gasteiger partial charge in [0.1, 0.15) is 0 Å². The van der Waals surface area contributed by atoms with Crippen molar-refractivity contribution in [2.24, 2.45) is 0 Å². The van der Waals surface area contributed by atoms with E-state index in [2.05, 4.69) is 10.1 Å². The Morgan fingerprint density at radius 1 is 1.31 bits per heavy atom. The highest BCUT2D eigenvalue weighted by atomic mass is 16.5. The van der Waals surface area contributed by atoms with Gasteiger partial charge in [0.05, 0.1) is 0 Å². The molecule has 0 spiro atoms. The minimum atomic E-state index is 0.538. The Bertz CT molecular complexity index is 422. The highest BCUT2D eigenvalue weighted by molar-refractivity contribution is 5.70. The van der Waals surface area contributed by atoms with Gasteiger partial charge in [0.2, 0.25) is 11.7 Å². The number of nitrogens with zero attached hydrogens (tertiary/aromatic N) is 2. The zero-order valence-corrected chi connectivity index (χ0v) is 7.19. The molecule has 2 aromatic rings. The fourth-order valence-electron chi connectivity index (χ4n) is 1.11. The van der Waals surface area contributed by atoms with Gasteiger partial charge in [-0.1, -0.05) is 17.3 Å². The van der Waals surface area contributed by atoms with Crippen LogP contribution in [0.15, 0.2) is 28.8 Å². The van der Waals surface area contributed by atoms with Gasteiger partial charge < -0.3 is 10.3 Å². The highest BCUT2D eigenvalue weighted by Crippen LogP contribution is 2.21. The molecule has 0 fully saturated rings. The van der Waals surface area contributed by atoms with Crippen LogP contribution in [0, 0.1) is 6.92 Å². The van der Waals surface area contributed by atoms with E-state index in [-0.39, 0.29) is 0 Å². The van der Waals surface area contributed by atoms with E-state index in [1.165, 1.54) is 0 Å². The molecule has 1 heterocycles. The van der Waals surface area contributed by atoms with Crippen molar-refractivity contribution in [3.8, 4) is 11.4 Å². The maximum atomic E-state index is 5.74. The van der Waals surface area contributed by atoms with E-state index < -0.39 is 0 Å². The molecule has 1 aromatic heterocycles. The van der Waals surface area contributed by atoms with Crippen molar-refractivity contribution >= 4 is 5.69 Å². The maximum absolute atomic E-state index is 5.74. The van der Waals surface area contributed by atoms with E-state index in [1.807, 2.05) is 18.2 Å². The lowest BCUT2D eigenvalue weighted by Gasteiger charge is -1.97. The Morgan fingerprint density at radius 3 is 2.69 bits per heavy atom. The van der Waals surface area contributed by atoms with E-state index in [9.17, 15) is 0 Å². The van der Waals surface area contributed by atoms with Gasteiger partial charge in [0.25, 0.3) is 0 Å². The maximum Gasteiger partial charge on any atom is 0.223 e. The van der Waals surface area contributed by atoms with Crippen molar-refractivity contribution in [2.45, 2.75) is 6.92 Å². The summed E-state index contributed by atoms with van der Waals surface area (Å²) in [5.41, 5.74) is 7.20. The molecule has 0 saturated carbocycles. The molecular weight excluding hydrogens is 166 g/mol. The van der Waals surface area contributed by atoms with Crippen LogP contribution in [-0.2, 0) is 0 Å².